The van der Waals surface area contributed by atoms with Crippen molar-refractivity contribution in [3.8, 4) is 5.75 Å². The fraction of sp³-hybridized carbons (Fsp3) is 0.355. The lowest BCUT2D eigenvalue weighted by atomic mass is 10.1. The highest BCUT2D eigenvalue weighted by atomic mass is 35.5. The van der Waals surface area contributed by atoms with E-state index in [1.165, 1.54) is 17.0 Å². The maximum Gasteiger partial charge on any atom is 0.264 e. The number of hydrogen-bond donors (Lipinski definition) is 1. The molecule has 0 spiro atoms. The molecule has 1 atom stereocenters. The van der Waals surface area contributed by atoms with Gasteiger partial charge in [-0.3, -0.25) is 13.9 Å². The van der Waals surface area contributed by atoms with Crippen molar-refractivity contribution in [2.45, 2.75) is 51.6 Å². The molecule has 1 N–H and O–H groups in total. The maximum atomic E-state index is 14.1. The molecule has 42 heavy (non-hydrogen) atoms. The smallest absolute Gasteiger partial charge is 0.264 e. The molecule has 8 nitrogen and oxygen atoms in total. The average molecular weight is 635 g/mol. The molecule has 0 aliphatic heterocycles. The first kappa shape index (κ1) is 33.2. The highest BCUT2D eigenvalue weighted by Crippen LogP contribution is 2.27. The summed E-state index contributed by atoms with van der Waals surface area (Å²) in [5, 5.41) is 3.67. The van der Waals surface area contributed by atoms with Crippen molar-refractivity contribution in [2.75, 3.05) is 24.0 Å². The van der Waals surface area contributed by atoms with Gasteiger partial charge in [0.15, 0.2) is 0 Å². The summed E-state index contributed by atoms with van der Waals surface area (Å²) >= 11 is 12.5. The van der Waals surface area contributed by atoms with Gasteiger partial charge in [0.25, 0.3) is 10.0 Å². The number of carbonyl (C=O) groups is 2. The first-order valence-corrected chi connectivity index (χ1v) is 16.0. The van der Waals surface area contributed by atoms with E-state index >= 15 is 0 Å². The molecule has 0 unspecified atom stereocenters. The first-order chi connectivity index (χ1) is 20.0. The van der Waals surface area contributed by atoms with E-state index in [1.54, 1.807) is 67.6 Å². The maximum absolute atomic E-state index is 14.1. The summed E-state index contributed by atoms with van der Waals surface area (Å²) in [5.41, 5.74) is 0.881. The van der Waals surface area contributed by atoms with Crippen LogP contribution < -0.4 is 14.4 Å². The van der Waals surface area contributed by atoms with Crippen LogP contribution in [-0.4, -0.2) is 50.9 Å². The van der Waals surface area contributed by atoms with E-state index in [9.17, 15) is 18.0 Å². The largest absolute Gasteiger partial charge is 0.494 e. The molecule has 0 aliphatic rings. The normalized spacial score (nSPS) is 12.1. The highest BCUT2D eigenvalue weighted by molar-refractivity contribution is 7.92. The molecule has 0 saturated heterocycles. The van der Waals surface area contributed by atoms with Crippen LogP contribution in [0, 0.1) is 5.92 Å². The van der Waals surface area contributed by atoms with Gasteiger partial charge in [-0.1, -0.05) is 68.2 Å². The number of halogens is 2. The number of rotatable bonds is 14. The first-order valence-electron chi connectivity index (χ1n) is 13.8. The molecule has 3 aromatic rings. The van der Waals surface area contributed by atoms with Crippen LogP contribution in [0.4, 0.5) is 5.69 Å². The molecule has 0 saturated carbocycles. The molecule has 0 fully saturated rings. The number of nitrogens with one attached hydrogen (secondary N) is 1. The van der Waals surface area contributed by atoms with Gasteiger partial charge in [0.05, 0.1) is 17.2 Å². The van der Waals surface area contributed by atoms with Crippen LogP contribution >= 0.6 is 23.2 Å². The van der Waals surface area contributed by atoms with E-state index in [2.05, 4.69) is 5.32 Å². The third-order valence-electron chi connectivity index (χ3n) is 6.47. The van der Waals surface area contributed by atoms with Crippen LogP contribution in [0.5, 0.6) is 5.75 Å². The molecule has 2 amide bonds. The molecule has 0 heterocycles. The molecule has 0 bridgehead atoms. The summed E-state index contributed by atoms with van der Waals surface area (Å²) in [5.74, 6) is -0.159. The SMILES string of the molecule is CCOc1ccc(S(=O)(=O)N(CC(=O)N(Cc2ccc(Cl)cc2Cl)[C@H](CC)C(=O)NCC(C)C)c2ccccc2)cc1. The lowest BCUT2D eigenvalue weighted by Crippen LogP contribution is -2.52. The number of amides is 2. The molecule has 3 aromatic carbocycles. The van der Waals surface area contributed by atoms with Crippen molar-refractivity contribution in [3.05, 3.63) is 88.4 Å². The van der Waals surface area contributed by atoms with E-state index in [0.717, 1.165) is 4.31 Å². The Balaban J connectivity index is 2.03. The third-order valence-corrected chi connectivity index (χ3v) is 8.85. The summed E-state index contributed by atoms with van der Waals surface area (Å²) in [6.45, 7) is 7.89. The van der Waals surface area contributed by atoms with E-state index < -0.39 is 28.5 Å². The Kier molecular flexibility index (Phi) is 12.1. The number of sulfonamides is 1. The third kappa shape index (κ3) is 8.63. The fourth-order valence-corrected chi connectivity index (χ4v) is 6.18. The second-order valence-electron chi connectivity index (χ2n) is 10.1. The lowest BCUT2D eigenvalue weighted by molar-refractivity contribution is -0.140. The van der Waals surface area contributed by atoms with Crippen molar-refractivity contribution in [3.63, 3.8) is 0 Å². The van der Waals surface area contributed by atoms with Gasteiger partial charge in [-0.05, 0) is 73.4 Å². The van der Waals surface area contributed by atoms with Gasteiger partial charge in [0, 0.05) is 23.1 Å². The Morgan fingerprint density at radius 3 is 2.19 bits per heavy atom. The van der Waals surface area contributed by atoms with E-state index in [4.69, 9.17) is 27.9 Å². The molecule has 0 aliphatic carbocycles. The minimum atomic E-state index is -4.19. The van der Waals surface area contributed by atoms with Crippen LogP contribution in [0.15, 0.2) is 77.7 Å². The van der Waals surface area contributed by atoms with Crippen molar-refractivity contribution >= 4 is 50.7 Å². The Labute approximate surface area is 258 Å². The molecular formula is C31H37Cl2N3O5S. The zero-order valence-corrected chi connectivity index (χ0v) is 26.5. The van der Waals surface area contributed by atoms with Gasteiger partial charge >= 0.3 is 0 Å². The molecule has 3 rings (SSSR count). The van der Waals surface area contributed by atoms with Gasteiger partial charge in [0.1, 0.15) is 18.3 Å². The fourth-order valence-electron chi connectivity index (χ4n) is 4.30. The van der Waals surface area contributed by atoms with E-state index in [-0.39, 0.29) is 23.3 Å². The second kappa shape index (κ2) is 15.3. The predicted molar refractivity (Wildman–Crippen MR) is 168 cm³/mol. The van der Waals surface area contributed by atoms with Crippen LogP contribution in [0.2, 0.25) is 10.0 Å². The number of ether oxygens (including phenoxy) is 1. The summed E-state index contributed by atoms with van der Waals surface area (Å²) in [7, 11) is -4.19. The topological polar surface area (TPSA) is 96.0 Å². The molecular weight excluding hydrogens is 597 g/mol. The summed E-state index contributed by atoms with van der Waals surface area (Å²) in [4.78, 5) is 28.8. The Hall–Kier alpha value is -3.27. The number of para-hydroxylation sites is 1. The van der Waals surface area contributed by atoms with Crippen molar-refractivity contribution in [1.29, 1.82) is 0 Å². The van der Waals surface area contributed by atoms with Gasteiger partial charge < -0.3 is 15.0 Å². The zero-order valence-electron chi connectivity index (χ0n) is 24.2. The highest BCUT2D eigenvalue weighted by Gasteiger charge is 2.34. The average Bonchev–Trinajstić information content (AvgIpc) is 2.96. The van der Waals surface area contributed by atoms with Crippen LogP contribution in [0.3, 0.4) is 0 Å². The van der Waals surface area contributed by atoms with Crippen LogP contribution in [0.1, 0.15) is 39.7 Å². The predicted octanol–water partition coefficient (Wildman–Crippen LogP) is 6.17. The lowest BCUT2D eigenvalue weighted by Gasteiger charge is -2.33. The second-order valence-corrected chi connectivity index (χ2v) is 12.8. The summed E-state index contributed by atoms with van der Waals surface area (Å²) in [6, 6.07) is 18.5. The van der Waals surface area contributed by atoms with Gasteiger partial charge in [-0.25, -0.2) is 8.42 Å². The van der Waals surface area contributed by atoms with Crippen molar-refractivity contribution in [1.82, 2.24) is 10.2 Å². The van der Waals surface area contributed by atoms with Crippen molar-refractivity contribution < 1.29 is 22.7 Å². The van der Waals surface area contributed by atoms with E-state index in [1.807, 2.05) is 20.8 Å². The monoisotopic (exact) mass is 633 g/mol. The number of nitrogens with zero attached hydrogens (tertiary/aromatic N) is 2. The number of hydrogen-bond acceptors (Lipinski definition) is 5. The van der Waals surface area contributed by atoms with Crippen molar-refractivity contribution in [2.24, 2.45) is 5.92 Å². The van der Waals surface area contributed by atoms with Crippen LogP contribution in [0.25, 0.3) is 0 Å². The summed E-state index contributed by atoms with van der Waals surface area (Å²) in [6.07, 6.45) is 0.303. The van der Waals surface area contributed by atoms with Gasteiger partial charge in [-0.15, -0.1) is 0 Å². The molecule has 11 heteroatoms. The Bertz CT molecular complexity index is 1450. The Morgan fingerprint density at radius 2 is 1.62 bits per heavy atom. The zero-order chi connectivity index (χ0) is 30.9. The standard InChI is InChI=1S/C31H37Cl2N3O5S/c1-5-29(31(38)34-19-22(3)4)35(20-23-12-13-24(32)18-28(23)33)30(37)21-36(25-10-8-7-9-11-25)42(39,40)27-16-14-26(15-17-27)41-6-2/h7-18,22,29H,5-6,19-21H2,1-4H3,(H,34,38)/t29-/m1/s1. The number of benzene rings is 3. The molecule has 0 aromatic heterocycles. The van der Waals surface area contributed by atoms with Gasteiger partial charge in [-0.2, -0.15) is 0 Å². The molecule has 226 valence electrons. The Morgan fingerprint density at radius 1 is 0.952 bits per heavy atom. The number of anilines is 1. The van der Waals surface area contributed by atoms with Crippen LogP contribution in [-0.2, 0) is 26.2 Å². The number of carbonyl (C=O) groups excluding carboxylic acids is 2. The minimum Gasteiger partial charge on any atom is -0.494 e. The quantitative estimate of drug-likeness (QED) is 0.229. The summed E-state index contributed by atoms with van der Waals surface area (Å²) < 4.78 is 34.4. The molecule has 0 radical (unpaired) electrons. The minimum absolute atomic E-state index is 0.00313. The van der Waals surface area contributed by atoms with E-state index in [0.29, 0.717) is 46.6 Å². The van der Waals surface area contributed by atoms with Gasteiger partial charge in [0.2, 0.25) is 11.8 Å².